The quantitative estimate of drug-likeness (QED) is 0.613. The highest BCUT2D eigenvalue weighted by Crippen LogP contribution is 2.54. The maximum Gasteiger partial charge on any atom is 0.316 e. The molecule has 1 fully saturated rings. The van der Waals surface area contributed by atoms with Crippen LogP contribution in [0.4, 0.5) is 0 Å². The van der Waals surface area contributed by atoms with Gasteiger partial charge in [-0.1, -0.05) is 32.9 Å². The number of esters is 1. The standard InChI is InChI=1S/C15H20O2S/c1-10(2)18-13-7-5-12(6-8-13)15(9-11(15)3)14(16)17-4/h5-8,10-11H,9H2,1-4H3. The van der Waals surface area contributed by atoms with Gasteiger partial charge in [-0.05, 0) is 30.0 Å². The molecule has 0 heterocycles. The fraction of sp³-hybridized carbons (Fsp3) is 0.533. The third kappa shape index (κ3) is 2.28. The maximum atomic E-state index is 11.9. The Morgan fingerprint density at radius 1 is 1.39 bits per heavy atom. The zero-order valence-corrected chi connectivity index (χ0v) is 12.2. The van der Waals surface area contributed by atoms with Crippen molar-refractivity contribution in [2.75, 3.05) is 7.11 Å². The van der Waals surface area contributed by atoms with Crippen molar-refractivity contribution in [2.45, 2.75) is 42.8 Å². The van der Waals surface area contributed by atoms with Gasteiger partial charge in [0.15, 0.2) is 0 Å². The van der Waals surface area contributed by atoms with Gasteiger partial charge in [0.25, 0.3) is 0 Å². The third-order valence-electron chi connectivity index (χ3n) is 3.60. The van der Waals surface area contributed by atoms with Crippen LogP contribution >= 0.6 is 11.8 Å². The molecule has 1 aliphatic rings. The van der Waals surface area contributed by atoms with Gasteiger partial charge in [-0.25, -0.2) is 0 Å². The summed E-state index contributed by atoms with van der Waals surface area (Å²) < 4.78 is 4.95. The van der Waals surface area contributed by atoms with Crippen LogP contribution in [-0.4, -0.2) is 18.3 Å². The first-order valence-electron chi connectivity index (χ1n) is 6.36. The molecule has 1 saturated carbocycles. The van der Waals surface area contributed by atoms with Crippen LogP contribution in [0.15, 0.2) is 29.2 Å². The van der Waals surface area contributed by atoms with Crippen LogP contribution in [0.5, 0.6) is 0 Å². The summed E-state index contributed by atoms with van der Waals surface area (Å²) in [4.78, 5) is 13.2. The lowest BCUT2D eigenvalue weighted by atomic mass is 9.94. The topological polar surface area (TPSA) is 26.3 Å². The Morgan fingerprint density at radius 3 is 2.33 bits per heavy atom. The van der Waals surface area contributed by atoms with E-state index in [0.717, 1.165) is 12.0 Å². The van der Waals surface area contributed by atoms with E-state index in [-0.39, 0.29) is 11.4 Å². The van der Waals surface area contributed by atoms with Crippen molar-refractivity contribution in [3.05, 3.63) is 29.8 Å². The van der Waals surface area contributed by atoms with Gasteiger partial charge in [-0.3, -0.25) is 4.79 Å². The number of carbonyl (C=O) groups excluding carboxylic acids is 1. The van der Waals surface area contributed by atoms with Crippen molar-refractivity contribution < 1.29 is 9.53 Å². The highest BCUT2D eigenvalue weighted by atomic mass is 32.2. The Kier molecular flexibility index (Phi) is 3.71. The largest absolute Gasteiger partial charge is 0.468 e. The molecular weight excluding hydrogens is 244 g/mol. The molecule has 1 aromatic carbocycles. The molecule has 0 aliphatic heterocycles. The Labute approximate surface area is 113 Å². The van der Waals surface area contributed by atoms with E-state index in [9.17, 15) is 4.79 Å². The molecule has 0 bridgehead atoms. The van der Waals surface area contributed by atoms with E-state index in [1.54, 1.807) is 0 Å². The minimum atomic E-state index is -0.379. The van der Waals surface area contributed by atoms with E-state index in [0.29, 0.717) is 11.2 Å². The molecule has 2 unspecified atom stereocenters. The maximum absolute atomic E-state index is 11.9. The average molecular weight is 264 g/mol. The second-order valence-corrected chi connectivity index (χ2v) is 6.91. The molecule has 2 rings (SSSR count). The molecule has 3 heteroatoms. The highest BCUT2D eigenvalue weighted by molar-refractivity contribution is 7.99. The number of hydrogen-bond donors (Lipinski definition) is 0. The zero-order valence-electron chi connectivity index (χ0n) is 11.4. The summed E-state index contributed by atoms with van der Waals surface area (Å²) in [7, 11) is 1.47. The summed E-state index contributed by atoms with van der Waals surface area (Å²) in [5.41, 5.74) is 0.713. The van der Waals surface area contributed by atoms with Crippen LogP contribution in [0.2, 0.25) is 0 Å². The summed E-state index contributed by atoms with van der Waals surface area (Å²) in [5, 5.41) is 0.574. The van der Waals surface area contributed by atoms with Crippen molar-refractivity contribution in [2.24, 2.45) is 5.92 Å². The summed E-state index contributed by atoms with van der Waals surface area (Å²) in [6.07, 6.45) is 0.899. The van der Waals surface area contributed by atoms with Crippen molar-refractivity contribution in [3.63, 3.8) is 0 Å². The van der Waals surface area contributed by atoms with E-state index in [4.69, 9.17) is 4.74 Å². The van der Waals surface area contributed by atoms with Gasteiger partial charge < -0.3 is 4.74 Å². The molecule has 1 aliphatic carbocycles. The Bertz CT molecular complexity index is 438. The van der Waals surface area contributed by atoms with Gasteiger partial charge >= 0.3 is 5.97 Å². The van der Waals surface area contributed by atoms with Gasteiger partial charge in [0, 0.05) is 10.1 Å². The molecular formula is C15H20O2S. The number of rotatable bonds is 4. The van der Waals surface area contributed by atoms with Crippen LogP contribution in [0.3, 0.4) is 0 Å². The molecule has 0 amide bonds. The molecule has 2 nitrogen and oxygen atoms in total. The normalized spacial score (nSPS) is 26.2. The number of carbonyl (C=O) groups is 1. The first-order chi connectivity index (χ1) is 8.50. The first-order valence-corrected chi connectivity index (χ1v) is 7.24. The van der Waals surface area contributed by atoms with Gasteiger partial charge in [-0.2, -0.15) is 0 Å². The Morgan fingerprint density at radius 2 is 1.94 bits per heavy atom. The minimum absolute atomic E-state index is 0.0979. The second kappa shape index (κ2) is 4.96. The van der Waals surface area contributed by atoms with E-state index in [1.165, 1.54) is 12.0 Å². The van der Waals surface area contributed by atoms with Crippen LogP contribution in [-0.2, 0) is 14.9 Å². The van der Waals surface area contributed by atoms with Crippen molar-refractivity contribution >= 4 is 17.7 Å². The molecule has 0 aromatic heterocycles. The van der Waals surface area contributed by atoms with Crippen LogP contribution in [0.25, 0.3) is 0 Å². The monoisotopic (exact) mass is 264 g/mol. The van der Waals surface area contributed by atoms with Crippen molar-refractivity contribution in [1.82, 2.24) is 0 Å². The number of hydrogen-bond acceptors (Lipinski definition) is 3. The smallest absolute Gasteiger partial charge is 0.316 e. The number of methoxy groups -OCH3 is 1. The van der Waals surface area contributed by atoms with Crippen molar-refractivity contribution in [3.8, 4) is 0 Å². The zero-order chi connectivity index (χ0) is 13.3. The second-order valence-electron chi connectivity index (χ2n) is 5.26. The molecule has 1 aromatic rings. The van der Waals surface area contributed by atoms with Gasteiger partial charge in [-0.15, -0.1) is 11.8 Å². The van der Waals surface area contributed by atoms with Crippen LogP contribution in [0, 0.1) is 5.92 Å². The van der Waals surface area contributed by atoms with E-state index < -0.39 is 0 Å². The van der Waals surface area contributed by atoms with E-state index in [1.807, 2.05) is 11.8 Å². The molecule has 0 N–H and O–H groups in total. The fourth-order valence-electron chi connectivity index (χ4n) is 2.51. The predicted octanol–water partition coefficient (Wildman–Crippen LogP) is 3.64. The lowest BCUT2D eigenvalue weighted by Gasteiger charge is -2.15. The van der Waals surface area contributed by atoms with Gasteiger partial charge in [0.1, 0.15) is 0 Å². The summed E-state index contributed by atoms with van der Waals surface area (Å²) in [5.74, 6) is 0.285. The lowest BCUT2D eigenvalue weighted by Crippen LogP contribution is -2.23. The number of benzene rings is 1. The van der Waals surface area contributed by atoms with Crippen LogP contribution in [0.1, 0.15) is 32.8 Å². The average Bonchev–Trinajstić information content (AvgIpc) is 3.01. The summed E-state index contributed by atoms with van der Waals surface area (Å²) in [6.45, 7) is 6.46. The molecule has 0 saturated heterocycles. The van der Waals surface area contributed by atoms with Crippen LogP contribution < -0.4 is 0 Å². The fourth-order valence-corrected chi connectivity index (χ4v) is 3.35. The van der Waals surface area contributed by atoms with Gasteiger partial charge in [0.2, 0.25) is 0 Å². The van der Waals surface area contributed by atoms with Gasteiger partial charge in [0.05, 0.1) is 12.5 Å². The first kappa shape index (κ1) is 13.5. The highest BCUT2D eigenvalue weighted by Gasteiger charge is 2.59. The molecule has 2 atom stereocenters. The number of ether oxygens (including phenoxy) is 1. The molecule has 98 valence electrons. The van der Waals surface area contributed by atoms with E-state index in [2.05, 4.69) is 45.0 Å². The lowest BCUT2D eigenvalue weighted by molar-refractivity contribution is -0.144. The molecule has 0 spiro atoms. The summed E-state index contributed by atoms with van der Waals surface area (Å²) in [6, 6.07) is 8.36. The third-order valence-corrected chi connectivity index (χ3v) is 4.62. The SMILES string of the molecule is COC(=O)C1(c2ccc(SC(C)C)cc2)CC1C. The van der Waals surface area contributed by atoms with E-state index >= 15 is 0 Å². The predicted molar refractivity (Wildman–Crippen MR) is 74.9 cm³/mol. The summed E-state index contributed by atoms with van der Waals surface area (Å²) >= 11 is 1.84. The Hall–Kier alpha value is -0.960. The number of thioether (sulfide) groups is 1. The molecule has 0 radical (unpaired) electrons. The van der Waals surface area contributed by atoms with Crippen molar-refractivity contribution in [1.29, 1.82) is 0 Å². The minimum Gasteiger partial charge on any atom is -0.468 e. The Balaban J connectivity index is 2.21. The molecule has 18 heavy (non-hydrogen) atoms.